The van der Waals surface area contributed by atoms with Crippen molar-refractivity contribution in [2.75, 3.05) is 36.5 Å². The number of fused-ring (bicyclic) bond motifs is 1. The fraction of sp³-hybridized carbons (Fsp3) is 0.478. The SMILES string of the molecule is CCOc1cc2nn(C)cc2cc1NC(=O)c1cnc(N2CCC(CNC3CC3)C2)cn1. The minimum absolute atomic E-state index is 0.272. The van der Waals surface area contributed by atoms with E-state index >= 15 is 0 Å². The van der Waals surface area contributed by atoms with E-state index in [0.717, 1.165) is 48.8 Å². The lowest BCUT2D eigenvalue weighted by molar-refractivity contribution is 0.102. The predicted octanol–water partition coefficient (Wildman–Crippen LogP) is 2.59. The van der Waals surface area contributed by atoms with Crippen molar-refractivity contribution in [1.29, 1.82) is 0 Å². The van der Waals surface area contributed by atoms with Crippen LogP contribution in [0.1, 0.15) is 36.7 Å². The molecule has 1 atom stereocenters. The third-order valence-corrected chi connectivity index (χ3v) is 6.02. The molecule has 1 aliphatic heterocycles. The highest BCUT2D eigenvalue weighted by molar-refractivity contribution is 6.04. The summed E-state index contributed by atoms with van der Waals surface area (Å²) in [7, 11) is 1.86. The Kier molecular flexibility index (Phi) is 5.65. The van der Waals surface area contributed by atoms with Crippen LogP contribution in [0.2, 0.25) is 0 Å². The summed E-state index contributed by atoms with van der Waals surface area (Å²) < 4.78 is 7.45. The van der Waals surface area contributed by atoms with Crippen molar-refractivity contribution < 1.29 is 9.53 Å². The zero-order valence-corrected chi connectivity index (χ0v) is 18.5. The number of aryl methyl sites for hydroxylation is 1. The summed E-state index contributed by atoms with van der Waals surface area (Å²) in [4.78, 5) is 24.0. The van der Waals surface area contributed by atoms with Crippen LogP contribution in [0.15, 0.2) is 30.7 Å². The van der Waals surface area contributed by atoms with E-state index in [4.69, 9.17) is 4.74 Å². The Labute approximate surface area is 187 Å². The molecule has 1 saturated carbocycles. The van der Waals surface area contributed by atoms with E-state index in [9.17, 15) is 4.79 Å². The van der Waals surface area contributed by atoms with Crippen LogP contribution in [0.3, 0.4) is 0 Å². The number of nitrogens with one attached hydrogen (secondary N) is 2. The maximum Gasteiger partial charge on any atom is 0.275 e. The minimum Gasteiger partial charge on any atom is -0.492 e. The van der Waals surface area contributed by atoms with E-state index in [-0.39, 0.29) is 11.6 Å². The Morgan fingerprint density at radius 2 is 2.09 bits per heavy atom. The largest absolute Gasteiger partial charge is 0.492 e. The van der Waals surface area contributed by atoms with Gasteiger partial charge in [0.1, 0.15) is 17.3 Å². The number of hydrogen-bond donors (Lipinski definition) is 2. The normalized spacial score (nSPS) is 18.3. The van der Waals surface area contributed by atoms with Gasteiger partial charge in [0.05, 0.1) is 30.2 Å². The van der Waals surface area contributed by atoms with Crippen LogP contribution in [-0.2, 0) is 7.05 Å². The maximum atomic E-state index is 12.8. The summed E-state index contributed by atoms with van der Waals surface area (Å²) in [6, 6.07) is 4.45. The van der Waals surface area contributed by atoms with E-state index in [2.05, 4.69) is 30.6 Å². The van der Waals surface area contributed by atoms with Gasteiger partial charge in [-0.15, -0.1) is 0 Å². The summed E-state index contributed by atoms with van der Waals surface area (Å²) >= 11 is 0. The highest BCUT2D eigenvalue weighted by atomic mass is 16.5. The number of rotatable bonds is 8. The fourth-order valence-corrected chi connectivity index (χ4v) is 4.16. The van der Waals surface area contributed by atoms with E-state index in [0.29, 0.717) is 24.0 Å². The minimum atomic E-state index is -0.318. The quantitative estimate of drug-likeness (QED) is 0.561. The van der Waals surface area contributed by atoms with Crippen LogP contribution in [-0.4, -0.2) is 57.9 Å². The monoisotopic (exact) mass is 435 g/mol. The van der Waals surface area contributed by atoms with E-state index in [1.54, 1.807) is 17.1 Å². The standard InChI is InChI=1S/C23H29N7O2/c1-3-32-21-9-18-16(14-29(2)28-18)8-19(21)27-23(31)20-11-26-22(12-25-20)30-7-6-15(13-30)10-24-17-4-5-17/h8-9,11-12,14-15,17,24H,3-7,10,13H2,1-2H3,(H,27,31). The molecule has 2 aliphatic rings. The molecule has 2 aromatic heterocycles. The first-order valence-corrected chi connectivity index (χ1v) is 11.3. The number of carbonyl (C=O) groups excluding carboxylic acids is 1. The van der Waals surface area contributed by atoms with Crippen LogP contribution >= 0.6 is 0 Å². The second-order valence-corrected chi connectivity index (χ2v) is 8.64. The molecular weight excluding hydrogens is 406 g/mol. The topological polar surface area (TPSA) is 97.2 Å². The lowest BCUT2D eigenvalue weighted by atomic mass is 10.1. The number of aromatic nitrogens is 4. The van der Waals surface area contributed by atoms with Crippen molar-refractivity contribution in [3.63, 3.8) is 0 Å². The number of ether oxygens (including phenoxy) is 1. The average molecular weight is 436 g/mol. The van der Waals surface area contributed by atoms with Crippen LogP contribution in [0.4, 0.5) is 11.5 Å². The van der Waals surface area contributed by atoms with Gasteiger partial charge in [0.2, 0.25) is 0 Å². The Bertz CT molecular complexity index is 1110. The third kappa shape index (κ3) is 4.52. The number of benzene rings is 1. The molecule has 9 heteroatoms. The summed E-state index contributed by atoms with van der Waals surface area (Å²) in [6.07, 6.45) is 8.92. The molecule has 0 spiro atoms. The lowest BCUT2D eigenvalue weighted by Gasteiger charge is -2.17. The molecule has 2 fully saturated rings. The molecule has 5 rings (SSSR count). The van der Waals surface area contributed by atoms with Gasteiger partial charge < -0.3 is 20.3 Å². The van der Waals surface area contributed by atoms with E-state index in [1.165, 1.54) is 12.8 Å². The molecule has 32 heavy (non-hydrogen) atoms. The Morgan fingerprint density at radius 3 is 2.84 bits per heavy atom. The predicted molar refractivity (Wildman–Crippen MR) is 123 cm³/mol. The number of amides is 1. The van der Waals surface area contributed by atoms with Gasteiger partial charge in [-0.3, -0.25) is 9.48 Å². The van der Waals surface area contributed by atoms with Crippen LogP contribution < -0.4 is 20.3 Å². The number of anilines is 2. The molecule has 3 aromatic rings. The summed E-state index contributed by atoms with van der Waals surface area (Å²) in [5.41, 5.74) is 1.68. The Morgan fingerprint density at radius 1 is 1.22 bits per heavy atom. The Hall–Kier alpha value is -3.20. The first-order chi connectivity index (χ1) is 15.6. The Balaban J connectivity index is 1.25. The van der Waals surface area contributed by atoms with Crippen LogP contribution in [0.25, 0.3) is 10.9 Å². The molecule has 168 valence electrons. The number of nitrogens with zero attached hydrogens (tertiary/aromatic N) is 5. The molecule has 0 radical (unpaired) electrons. The highest BCUT2D eigenvalue weighted by Gasteiger charge is 2.27. The van der Waals surface area contributed by atoms with Crippen molar-refractivity contribution in [2.24, 2.45) is 13.0 Å². The van der Waals surface area contributed by atoms with E-state index in [1.807, 2.05) is 32.3 Å². The summed E-state index contributed by atoms with van der Waals surface area (Å²) in [5.74, 6) is 1.72. The van der Waals surface area contributed by atoms with Gasteiger partial charge in [-0.2, -0.15) is 5.10 Å². The van der Waals surface area contributed by atoms with Crippen molar-refractivity contribution in [1.82, 2.24) is 25.1 Å². The highest BCUT2D eigenvalue weighted by Crippen LogP contribution is 2.30. The molecule has 2 N–H and O–H groups in total. The zero-order valence-electron chi connectivity index (χ0n) is 18.5. The molecule has 9 nitrogen and oxygen atoms in total. The molecule has 1 amide bonds. The third-order valence-electron chi connectivity index (χ3n) is 6.02. The average Bonchev–Trinajstić information content (AvgIpc) is 3.37. The van der Waals surface area contributed by atoms with Crippen molar-refractivity contribution in [3.05, 3.63) is 36.4 Å². The van der Waals surface area contributed by atoms with Crippen molar-refractivity contribution in [2.45, 2.75) is 32.2 Å². The van der Waals surface area contributed by atoms with Gasteiger partial charge >= 0.3 is 0 Å². The summed E-state index contributed by atoms with van der Waals surface area (Å²) in [5, 5.41) is 11.9. The summed E-state index contributed by atoms with van der Waals surface area (Å²) in [6.45, 7) is 5.41. The van der Waals surface area contributed by atoms with Gasteiger partial charge in [0.15, 0.2) is 0 Å². The molecule has 1 aromatic carbocycles. The first-order valence-electron chi connectivity index (χ1n) is 11.3. The van der Waals surface area contributed by atoms with Crippen LogP contribution in [0.5, 0.6) is 5.75 Å². The van der Waals surface area contributed by atoms with Gasteiger partial charge in [-0.25, -0.2) is 9.97 Å². The van der Waals surface area contributed by atoms with Gasteiger partial charge in [0, 0.05) is 43.8 Å². The maximum absolute atomic E-state index is 12.8. The molecule has 0 bridgehead atoms. The van der Waals surface area contributed by atoms with Gasteiger partial charge in [-0.1, -0.05) is 0 Å². The first kappa shape index (κ1) is 20.7. The zero-order chi connectivity index (χ0) is 22.1. The van der Waals surface area contributed by atoms with E-state index < -0.39 is 0 Å². The second kappa shape index (κ2) is 8.74. The molecule has 1 aliphatic carbocycles. The lowest BCUT2D eigenvalue weighted by Crippen LogP contribution is -2.28. The molecule has 1 unspecified atom stereocenters. The van der Waals surface area contributed by atoms with Gasteiger partial charge in [-0.05, 0) is 44.7 Å². The molecule has 1 saturated heterocycles. The van der Waals surface area contributed by atoms with Crippen LogP contribution in [0, 0.1) is 5.92 Å². The fourth-order valence-electron chi connectivity index (χ4n) is 4.16. The van der Waals surface area contributed by atoms with Crippen molar-refractivity contribution in [3.8, 4) is 5.75 Å². The number of carbonyl (C=O) groups is 1. The smallest absolute Gasteiger partial charge is 0.275 e. The van der Waals surface area contributed by atoms with Gasteiger partial charge in [0.25, 0.3) is 5.91 Å². The second-order valence-electron chi connectivity index (χ2n) is 8.64. The molecular formula is C23H29N7O2. The van der Waals surface area contributed by atoms with Crippen molar-refractivity contribution >= 4 is 28.3 Å². The molecule has 3 heterocycles. The number of hydrogen-bond acceptors (Lipinski definition) is 7.